The maximum atomic E-state index is 11.2. The van der Waals surface area contributed by atoms with Gasteiger partial charge in [0.1, 0.15) is 0 Å². The second-order valence-corrected chi connectivity index (χ2v) is 4.53. The van der Waals surface area contributed by atoms with Crippen molar-refractivity contribution in [2.45, 2.75) is 11.3 Å². The average Bonchev–Trinajstić information content (AvgIpc) is 2.34. The molecule has 0 aliphatic heterocycles. The maximum Gasteiger partial charge on any atom is 0.320 e. The van der Waals surface area contributed by atoms with Crippen LogP contribution in [0.5, 0.6) is 0 Å². The van der Waals surface area contributed by atoms with Crippen molar-refractivity contribution < 1.29 is 19.4 Å². The van der Waals surface area contributed by atoms with Gasteiger partial charge in [-0.2, -0.15) is 0 Å². The maximum absolute atomic E-state index is 11.2. The number of rotatable bonds is 6. The number of carbonyl (C=O) groups is 2. The predicted molar refractivity (Wildman–Crippen MR) is 64.9 cm³/mol. The highest BCUT2D eigenvalue weighted by atomic mass is 32.2. The molecule has 0 radical (unpaired) electrons. The number of hydrogen-bond acceptors (Lipinski definition) is 4. The second-order valence-electron chi connectivity index (χ2n) is 3.36. The molecule has 0 aliphatic rings. The Morgan fingerprint density at radius 3 is 2.53 bits per heavy atom. The minimum atomic E-state index is -1.13. The molecular weight excluding hydrogens is 240 g/mol. The molecule has 5 heteroatoms. The van der Waals surface area contributed by atoms with E-state index in [1.807, 2.05) is 30.3 Å². The number of hydrogen-bond donors (Lipinski definition) is 1. The molecule has 0 amide bonds. The van der Waals surface area contributed by atoms with E-state index in [1.54, 1.807) is 0 Å². The van der Waals surface area contributed by atoms with Crippen molar-refractivity contribution in [3.05, 3.63) is 30.3 Å². The molecule has 0 spiro atoms. The Bertz CT molecular complexity index is 377. The molecule has 92 valence electrons. The standard InChI is InChI=1S/C12H14O4S/c1-16-12(15)10(11(13)14)7-8-17-9-5-3-2-4-6-9/h2-6,10H,7-8H2,1H3,(H,13,14). The molecule has 0 bridgehead atoms. The van der Waals surface area contributed by atoms with E-state index in [0.29, 0.717) is 5.75 Å². The lowest BCUT2D eigenvalue weighted by Gasteiger charge is -2.09. The first-order valence-corrected chi connectivity index (χ1v) is 6.12. The highest BCUT2D eigenvalue weighted by Gasteiger charge is 2.26. The summed E-state index contributed by atoms with van der Waals surface area (Å²) < 4.78 is 4.45. The van der Waals surface area contributed by atoms with E-state index < -0.39 is 17.9 Å². The van der Waals surface area contributed by atoms with Gasteiger partial charge in [-0.3, -0.25) is 9.59 Å². The number of methoxy groups -OCH3 is 1. The van der Waals surface area contributed by atoms with Crippen molar-refractivity contribution in [1.82, 2.24) is 0 Å². The Balaban J connectivity index is 2.43. The van der Waals surface area contributed by atoms with E-state index >= 15 is 0 Å². The summed E-state index contributed by atoms with van der Waals surface area (Å²) in [6, 6.07) is 9.63. The predicted octanol–water partition coefficient (Wildman–Crippen LogP) is 2.04. The van der Waals surface area contributed by atoms with Gasteiger partial charge in [-0.25, -0.2) is 0 Å². The minimum Gasteiger partial charge on any atom is -0.481 e. The van der Waals surface area contributed by atoms with Crippen LogP contribution in [0.1, 0.15) is 6.42 Å². The molecule has 1 unspecified atom stereocenters. The quantitative estimate of drug-likeness (QED) is 0.478. The number of carbonyl (C=O) groups excluding carboxylic acids is 1. The molecule has 0 heterocycles. The van der Waals surface area contributed by atoms with Crippen molar-refractivity contribution >= 4 is 23.7 Å². The fraction of sp³-hybridized carbons (Fsp3) is 0.333. The van der Waals surface area contributed by atoms with Crippen LogP contribution in [0, 0.1) is 5.92 Å². The van der Waals surface area contributed by atoms with Crippen molar-refractivity contribution in [3.8, 4) is 0 Å². The van der Waals surface area contributed by atoms with Gasteiger partial charge in [-0.05, 0) is 24.3 Å². The van der Waals surface area contributed by atoms with E-state index in [1.165, 1.54) is 18.9 Å². The molecule has 1 atom stereocenters. The normalized spacial score (nSPS) is 11.8. The molecule has 17 heavy (non-hydrogen) atoms. The molecule has 0 fully saturated rings. The third kappa shape index (κ3) is 4.48. The summed E-state index contributed by atoms with van der Waals surface area (Å²) >= 11 is 1.52. The zero-order valence-electron chi connectivity index (χ0n) is 9.46. The fourth-order valence-corrected chi connectivity index (χ4v) is 2.23. The molecule has 1 aromatic rings. The lowest BCUT2D eigenvalue weighted by molar-refractivity contribution is -0.156. The first-order chi connectivity index (χ1) is 8.15. The van der Waals surface area contributed by atoms with Crippen LogP contribution in [-0.4, -0.2) is 29.9 Å². The highest BCUT2D eigenvalue weighted by molar-refractivity contribution is 7.99. The smallest absolute Gasteiger partial charge is 0.320 e. The number of benzene rings is 1. The summed E-state index contributed by atoms with van der Waals surface area (Å²) in [5.41, 5.74) is 0. The Kier molecular flexibility index (Phi) is 5.56. The van der Waals surface area contributed by atoms with Gasteiger partial charge >= 0.3 is 11.9 Å². The molecule has 1 aromatic carbocycles. The SMILES string of the molecule is COC(=O)C(CCSc1ccccc1)C(=O)O. The minimum absolute atomic E-state index is 0.265. The van der Waals surface area contributed by atoms with E-state index in [2.05, 4.69) is 4.74 Å². The van der Waals surface area contributed by atoms with Crippen molar-refractivity contribution in [1.29, 1.82) is 0 Å². The lowest BCUT2D eigenvalue weighted by Crippen LogP contribution is -2.25. The molecule has 0 aromatic heterocycles. The Hall–Kier alpha value is -1.49. The van der Waals surface area contributed by atoms with Gasteiger partial charge in [-0.1, -0.05) is 18.2 Å². The zero-order valence-corrected chi connectivity index (χ0v) is 10.3. The van der Waals surface area contributed by atoms with Gasteiger partial charge in [0.2, 0.25) is 0 Å². The third-order valence-corrected chi connectivity index (χ3v) is 3.25. The summed E-state index contributed by atoms with van der Waals surface area (Å²) in [5, 5.41) is 8.86. The lowest BCUT2D eigenvalue weighted by atomic mass is 10.1. The Labute approximate surface area is 104 Å². The van der Waals surface area contributed by atoms with Crippen LogP contribution >= 0.6 is 11.8 Å². The molecular formula is C12H14O4S. The van der Waals surface area contributed by atoms with E-state index in [-0.39, 0.29) is 6.42 Å². The molecule has 0 saturated heterocycles. The van der Waals surface area contributed by atoms with E-state index in [4.69, 9.17) is 5.11 Å². The molecule has 4 nitrogen and oxygen atoms in total. The number of thioether (sulfide) groups is 1. The summed E-state index contributed by atoms with van der Waals surface area (Å²) in [6.45, 7) is 0. The largest absolute Gasteiger partial charge is 0.481 e. The number of carboxylic acid groups (broad SMARTS) is 1. The van der Waals surface area contributed by atoms with Crippen LogP contribution in [0.25, 0.3) is 0 Å². The topological polar surface area (TPSA) is 63.6 Å². The molecule has 0 saturated carbocycles. The fourth-order valence-electron chi connectivity index (χ4n) is 1.30. The van der Waals surface area contributed by atoms with Crippen molar-refractivity contribution in [2.75, 3.05) is 12.9 Å². The van der Waals surface area contributed by atoms with Crippen LogP contribution in [0.2, 0.25) is 0 Å². The van der Waals surface area contributed by atoms with Gasteiger partial charge in [0.15, 0.2) is 5.92 Å². The summed E-state index contributed by atoms with van der Waals surface area (Å²) in [5.74, 6) is -2.33. The van der Waals surface area contributed by atoms with E-state index in [0.717, 1.165) is 4.90 Å². The summed E-state index contributed by atoms with van der Waals surface area (Å²) in [7, 11) is 1.20. The zero-order chi connectivity index (χ0) is 12.7. The Morgan fingerprint density at radius 2 is 2.00 bits per heavy atom. The van der Waals surface area contributed by atoms with Gasteiger partial charge < -0.3 is 9.84 Å². The average molecular weight is 254 g/mol. The van der Waals surface area contributed by atoms with Crippen LogP contribution in [0.4, 0.5) is 0 Å². The van der Waals surface area contributed by atoms with Gasteiger partial charge in [0.25, 0.3) is 0 Å². The van der Waals surface area contributed by atoms with Gasteiger partial charge in [-0.15, -0.1) is 11.8 Å². The van der Waals surface area contributed by atoms with Crippen molar-refractivity contribution in [2.24, 2.45) is 5.92 Å². The number of aliphatic carboxylic acids is 1. The summed E-state index contributed by atoms with van der Waals surface area (Å²) in [4.78, 5) is 23.1. The van der Waals surface area contributed by atoms with E-state index in [9.17, 15) is 9.59 Å². The van der Waals surface area contributed by atoms with Crippen LogP contribution in [0.3, 0.4) is 0 Å². The number of ether oxygens (including phenoxy) is 1. The monoisotopic (exact) mass is 254 g/mol. The van der Waals surface area contributed by atoms with Crippen LogP contribution in [-0.2, 0) is 14.3 Å². The van der Waals surface area contributed by atoms with Crippen molar-refractivity contribution in [3.63, 3.8) is 0 Å². The van der Waals surface area contributed by atoms with Crippen LogP contribution in [0.15, 0.2) is 35.2 Å². The number of esters is 1. The number of carboxylic acids is 1. The first kappa shape index (κ1) is 13.6. The second kappa shape index (κ2) is 6.96. The first-order valence-electron chi connectivity index (χ1n) is 5.13. The van der Waals surface area contributed by atoms with Gasteiger partial charge in [0.05, 0.1) is 7.11 Å². The van der Waals surface area contributed by atoms with Crippen LogP contribution < -0.4 is 0 Å². The van der Waals surface area contributed by atoms with Gasteiger partial charge in [0, 0.05) is 4.90 Å². The molecule has 1 N–H and O–H groups in total. The Morgan fingerprint density at radius 1 is 1.35 bits per heavy atom. The molecule has 1 rings (SSSR count). The third-order valence-electron chi connectivity index (χ3n) is 2.20. The highest BCUT2D eigenvalue weighted by Crippen LogP contribution is 2.20. The molecule has 0 aliphatic carbocycles. The summed E-state index contributed by atoms with van der Waals surface area (Å²) in [6.07, 6.45) is 0.265.